The van der Waals surface area contributed by atoms with Crippen LogP contribution in [0.2, 0.25) is 0 Å². The zero-order valence-corrected chi connectivity index (χ0v) is 20.6. The molecule has 0 spiro atoms. The van der Waals surface area contributed by atoms with E-state index < -0.39 is 26.5 Å². The molecule has 1 aliphatic heterocycles. The van der Waals surface area contributed by atoms with Gasteiger partial charge in [-0.2, -0.15) is 0 Å². The smallest absolute Gasteiger partial charge is 0.339 e. The quantitative estimate of drug-likeness (QED) is 0.252. The first-order valence-electron chi connectivity index (χ1n) is 10.5. The van der Waals surface area contributed by atoms with E-state index >= 15 is 0 Å². The van der Waals surface area contributed by atoms with Crippen molar-refractivity contribution < 1.29 is 19.1 Å². The van der Waals surface area contributed by atoms with Crippen LogP contribution in [0.4, 0.5) is 5.69 Å². The highest BCUT2D eigenvalue weighted by molar-refractivity contribution is 9.10. The number of hydrogen-bond donors (Lipinski definition) is 0. The van der Waals surface area contributed by atoms with Crippen LogP contribution in [-0.4, -0.2) is 24.9 Å². The maximum absolute atomic E-state index is 14.1. The minimum absolute atomic E-state index is 0.176. The van der Waals surface area contributed by atoms with Crippen LogP contribution in [-0.2, 0) is 23.0 Å². The van der Waals surface area contributed by atoms with Gasteiger partial charge in [-0.05, 0) is 34.4 Å². The lowest BCUT2D eigenvalue weighted by molar-refractivity contribution is -0.122. The number of rotatable bonds is 2. The van der Waals surface area contributed by atoms with Gasteiger partial charge in [-0.15, -0.1) is 0 Å². The average molecular weight is 567 g/mol. The summed E-state index contributed by atoms with van der Waals surface area (Å²) in [6, 6.07) is 22.4. The number of carbonyl (C=O) groups is 3. The summed E-state index contributed by atoms with van der Waals surface area (Å²) in [4.78, 5) is 41.8. The number of halogens is 2. The molecule has 4 aliphatic rings. The number of amides is 2. The van der Waals surface area contributed by atoms with E-state index in [0.717, 1.165) is 22.3 Å². The lowest BCUT2D eigenvalue weighted by Gasteiger charge is -2.55. The summed E-state index contributed by atoms with van der Waals surface area (Å²) in [6.45, 7) is 0. The van der Waals surface area contributed by atoms with Crippen molar-refractivity contribution >= 4 is 55.3 Å². The third-order valence-corrected chi connectivity index (χ3v) is 9.83. The first-order valence-corrected chi connectivity index (χ1v) is 12.1. The van der Waals surface area contributed by atoms with Crippen molar-refractivity contribution in [1.82, 2.24) is 0 Å². The summed E-state index contributed by atoms with van der Waals surface area (Å²) in [5, 5.41) is 0. The van der Waals surface area contributed by atoms with Crippen LogP contribution >= 0.6 is 31.9 Å². The Morgan fingerprint density at radius 3 is 1.58 bits per heavy atom. The van der Waals surface area contributed by atoms with Crippen LogP contribution in [0.5, 0.6) is 0 Å². The summed E-state index contributed by atoms with van der Waals surface area (Å²) in [5.41, 5.74) is 4.28. The number of nitrogens with zero attached hydrogens (tertiary/aromatic N) is 1. The summed E-state index contributed by atoms with van der Waals surface area (Å²) in [7, 11) is 1.28. The average Bonchev–Trinajstić information content (AvgIpc) is 3.13. The monoisotopic (exact) mass is 565 g/mol. The van der Waals surface area contributed by atoms with Gasteiger partial charge >= 0.3 is 5.97 Å². The number of benzene rings is 3. The molecule has 3 aromatic rings. The molecule has 164 valence electrons. The Kier molecular flexibility index (Phi) is 4.33. The molecule has 7 heteroatoms. The lowest BCUT2D eigenvalue weighted by atomic mass is 9.54. The van der Waals surface area contributed by atoms with Gasteiger partial charge < -0.3 is 4.74 Å². The number of methoxy groups -OCH3 is 1. The number of anilines is 1. The second kappa shape index (κ2) is 6.87. The standard InChI is InChI=1S/C26H17Br2NO4/c1-33-24(32)14-8-2-7-13-19(14)29-22(30)20-21(23(29)31)26(28)16-10-4-3-9-15(16)25(20,27)17-11-5-6-12-18(17)26/h2-13,20-21H,1H3/t20-,21-,25?,26?/m1/s1. The van der Waals surface area contributed by atoms with Gasteiger partial charge in [0.2, 0.25) is 11.8 Å². The van der Waals surface area contributed by atoms with Gasteiger partial charge in [0, 0.05) is 0 Å². The number of esters is 1. The number of ether oxygens (including phenoxy) is 1. The molecular weight excluding hydrogens is 550 g/mol. The molecule has 33 heavy (non-hydrogen) atoms. The van der Waals surface area contributed by atoms with Crippen LogP contribution in [0, 0.1) is 11.8 Å². The molecule has 0 radical (unpaired) electrons. The van der Waals surface area contributed by atoms with E-state index in [1.165, 1.54) is 12.0 Å². The first-order chi connectivity index (χ1) is 15.9. The fraction of sp³-hybridized carbons (Fsp3) is 0.192. The van der Waals surface area contributed by atoms with Crippen LogP contribution in [0.15, 0.2) is 72.8 Å². The molecule has 3 aliphatic carbocycles. The zero-order chi connectivity index (χ0) is 23.1. The van der Waals surface area contributed by atoms with E-state index in [0.29, 0.717) is 0 Å². The predicted molar refractivity (Wildman–Crippen MR) is 130 cm³/mol. The second-order valence-electron chi connectivity index (χ2n) is 8.49. The molecule has 2 amide bonds. The fourth-order valence-electron chi connectivity index (χ4n) is 5.86. The normalized spacial score (nSPS) is 28.9. The molecule has 2 atom stereocenters. The summed E-state index contributed by atoms with van der Waals surface area (Å²) in [5.74, 6) is -2.67. The Hall–Kier alpha value is -2.77. The van der Waals surface area contributed by atoms with Crippen molar-refractivity contribution in [2.24, 2.45) is 11.8 Å². The van der Waals surface area contributed by atoms with E-state index in [-0.39, 0.29) is 23.1 Å². The summed E-state index contributed by atoms with van der Waals surface area (Å²) in [6.07, 6.45) is 0. The van der Waals surface area contributed by atoms with Crippen molar-refractivity contribution in [1.29, 1.82) is 0 Å². The first kappa shape index (κ1) is 20.8. The van der Waals surface area contributed by atoms with Crippen molar-refractivity contribution in [2.45, 2.75) is 8.65 Å². The predicted octanol–water partition coefficient (Wildman–Crippen LogP) is 4.88. The van der Waals surface area contributed by atoms with Crippen LogP contribution < -0.4 is 4.90 Å². The molecule has 1 saturated heterocycles. The number of hydrogen-bond acceptors (Lipinski definition) is 4. The highest BCUT2D eigenvalue weighted by Gasteiger charge is 2.72. The molecule has 5 nitrogen and oxygen atoms in total. The van der Waals surface area contributed by atoms with E-state index in [9.17, 15) is 14.4 Å². The Bertz CT molecular complexity index is 1260. The van der Waals surface area contributed by atoms with Crippen molar-refractivity contribution in [3.05, 3.63) is 101 Å². The molecule has 3 aromatic carbocycles. The number of para-hydroxylation sites is 1. The third kappa shape index (κ3) is 2.34. The zero-order valence-electron chi connectivity index (χ0n) is 17.4. The van der Waals surface area contributed by atoms with E-state index in [1.807, 2.05) is 48.5 Å². The van der Waals surface area contributed by atoms with Gasteiger partial charge in [0.15, 0.2) is 0 Å². The van der Waals surface area contributed by atoms with Gasteiger partial charge in [0.1, 0.15) is 0 Å². The number of imide groups is 1. The van der Waals surface area contributed by atoms with Crippen molar-refractivity contribution in [3.63, 3.8) is 0 Å². The third-order valence-electron chi connectivity index (χ3n) is 7.14. The minimum Gasteiger partial charge on any atom is -0.465 e. The molecule has 7 rings (SSSR count). The molecule has 0 aromatic heterocycles. The molecule has 0 unspecified atom stereocenters. The van der Waals surface area contributed by atoms with Gasteiger partial charge in [0.05, 0.1) is 38.8 Å². The topological polar surface area (TPSA) is 63.7 Å². The molecular formula is C26H17Br2NO4. The minimum atomic E-state index is -0.873. The second-order valence-corrected chi connectivity index (χ2v) is 11.0. The molecule has 0 saturated carbocycles. The van der Waals surface area contributed by atoms with E-state index in [1.54, 1.807) is 24.3 Å². The number of carbonyl (C=O) groups excluding carboxylic acids is 3. The highest BCUT2D eigenvalue weighted by Crippen LogP contribution is 2.70. The molecule has 0 N–H and O–H groups in total. The Morgan fingerprint density at radius 1 is 0.758 bits per heavy atom. The maximum atomic E-state index is 14.1. The Morgan fingerprint density at radius 2 is 1.15 bits per heavy atom. The SMILES string of the molecule is COC(=O)c1ccccc1N1C(=O)[C@H]2[C@H](C1=O)C1(Br)c3ccccc3C2(Br)c2ccccc21. The number of alkyl halides is 2. The van der Waals surface area contributed by atoms with E-state index in [2.05, 4.69) is 31.9 Å². The molecule has 2 bridgehead atoms. The molecule has 1 heterocycles. The van der Waals surface area contributed by atoms with E-state index in [4.69, 9.17) is 4.74 Å². The van der Waals surface area contributed by atoms with Gasteiger partial charge in [-0.1, -0.05) is 92.5 Å². The summed E-state index contributed by atoms with van der Waals surface area (Å²) < 4.78 is 3.17. The van der Waals surface area contributed by atoms with Gasteiger partial charge in [0.25, 0.3) is 0 Å². The van der Waals surface area contributed by atoms with Crippen LogP contribution in [0.25, 0.3) is 0 Å². The summed E-state index contributed by atoms with van der Waals surface area (Å²) >= 11 is 7.96. The Labute approximate surface area is 207 Å². The largest absolute Gasteiger partial charge is 0.465 e. The van der Waals surface area contributed by atoms with Gasteiger partial charge in [-0.25, -0.2) is 9.69 Å². The Balaban J connectivity index is 1.64. The van der Waals surface area contributed by atoms with Crippen LogP contribution in [0.3, 0.4) is 0 Å². The van der Waals surface area contributed by atoms with Gasteiger partial charge in [-0.3, -0.25) is 9.59 Å². The highest BCUT2D eigenvalue weighted by atomic mass is 79.9. The van der Waals surface area contributed by atoms with Crippen LogP contribution in [0.1, 0.15) is 32.6 Å². The van der Waals surface area contributed by atoms with Crippen molar-refractivity contribution in [3.8, 4) is 0 Å². The van der Waals surface area contributed by atoms with Crippen molar-refractivity contribution in [2.75, 3.05) is 12.0 Å². The lowest BCUT2D eigenvalue weighted by Crippen LogP contribution is -2.56. The fourth-order valence-corrected chi connectivity index (χ4v) is 8.16. The maximum Gasteiger partial charge on any atom is 0.339 e. The molecule has 1 fully saturated rings.